The van der Waals surface area contributed by atoms with E-state index in [4.69, 9.17) is 4.74 Å². The smallest absolute Gasteiger partial charge is 0.283 e. The van der Waals surface area contributed by atoms with Gasteiger partial charge in [-0.3, -0.25) is 14.9 Å². The number of aryl methyl sites for hydroxylation is 1. The van der Waals surface area contributed by atoms with Gasteiger partial charge in [0.2, 0.25) is 0 Å². The van der Waals surface area contributed by atoms with E-state index in [0.29, 0.717) is 15.5 Å². The molecule has 1 heterocycles. The molecule has 2 rings (SSSR count). The first kappa shape index (κ1) is 17.1. The summed E-state index contributed by atoms with van der Waals surface area (Å²) in [5.41, 5.74) is 2.35. The summed E-state index contributed by atoms with van der Waals surface area (Å²) in [4.78, 5) is 23.1. The maximum Gasteiger partial charge on any atom is 0.283 e. The number of hydrogen-bond acceptors (Lipinski definition) is 6. The van der Waals surface area contributed by atoms with Crippen molar-refractivity contribution in [2.24, 2.45) is 5.10 Å². The molecule has 0 radical (unpaired) electrons. The average molecular weight is 398 g/mol. The number of nitrogens with one attached hydrogen (secondary N) is 1. The molecule has 9 heteroatoms. The van der Waals surface area contributed by atoms with Gasteiger partial charge in [-0.05, 0) is 35.0 Å². The molecule has 0 aliphatic rings. The quantitative estimate of drug-likeness (QED) is 0.459. The Morgan fingerprint density at radius 1 is 1.52 bits per heavy atom. The van der Waals surface area contributed by atoms with Gasteiger partial charge >= 0.3 is 0 Å². The lowest BCUT2D eigenvalue weighted by Crippen LogP contribution is -2.24. The molecule has 0 bridgehead atoms. The lowest BCUT2D eigenvalue weighted by molar-refractivity contribution is -0.385. The van der Waals surface area contributed by atoms with E-state index in [2.05, 4.69) is 26.5 Å². The SMILES string of the molecule is Cc1sc(C=NNC(=O)COc2ccccc2Br)cc1[N+](=O)[O-]. The van der Waals surface area contributed by atoms with Gasteiger partial charge in [0.1, 0.15) is 5.75 Å². The molecule has 0 aliphatic heterocycles. The van der Waals surface area contributed by atoms with Crippen LogP contribution in [0, 0.1) is 17.0 Å². The highest BCUT2D eigenvalue weighted by Gasteiger charge is 2.14. The molecule has 0 saturated heterocycles. The molecule has 0 aliphatic carbocycles. The number of hydrazone groups is 1. The van der Waals surface area contributed by atoms with Gasteiger partial charge < -0.3 is 4.74 Å². The Kier molecular flexibility index (Phi) is 5.83. The second-order valence-electron chi connectivity index (χ2n) is 4.36. The third-order valence-electron chi connectivity index (χ3n) is 2.68. The van der Waals surface area contributed by atoms with Crippen LogP contribution >= 0.6 is 27.3 Å². The van der Waals surface area contributed by atoms with Crippen molar-refractivity contribution in [3.8, 4) is 5.75 Å². The van der Waals surface area contributed by atoms with Gasteiger partial charge in [-0.15, -0.1) is 11.3 Å². The van der Waals surface area contributed by atoms with E-state index in [1.807, 2.05) is 6.07 Å². The number of para-hydroxylation sites is 1. The Bertz CT molecular complexity index is 760. The van der Waals surface area contributed by atoms with Crippen LogP contribution < -0.4 is 10.2 Å². The summed E-state index contributed by atoms with van der Waals surface area (Å²) < 4.78 is 6.08. The van der Waals surface area contributed by atoms with Crippen molar-refractivity contribution in [3.63, 3.8) is 0 Å². The molecule has 0 unspecified atom stereocenters. The highest BCUT2D eigenvalue weighted by molar-refractivity contribution is 9.10. The Labute approximate surface area is 144 Å². The molecule has 7 nitrogen and oxygen atoms in total. The number of nitro groups is 1. The number of carbonyl (C=O) groups is 1. The fourth-order valence-electron chi connectivity index (χ4n) is 1.65. The van der Waals surface area contributed by atoms with Gasteiger partial charge in [-0.1, -0.05) is 12.1 Å². The summed E-state index contributed by atoms with van der Waals surface area (Å²) in [5, 5.41) is 14.5. The highest BCUT2D eigenvalue weighted by atomic mass is 79.9. The van der Waals surface area contributed by atoms with Crippen LogP contribution in [0.3, 0.4) is 0 Å². The van der Waals surface area contributed by atoms with E-state index in [1.165, 1.54) is 23.6 Å². The van der Waals surface area contributed by atoms with Crippen LogP contribution in [0.15, 0.2) is 39.9 Å². The summed E-state index contributed by atoms with van der Waals surface area (Å²) >= 11 is 4.54. The second kappa shape index (κ2) is 7.84. The minimum Gasteiger partial charge on any atom is -0.483 e. The molecule has 0 atom stereocenters. The van der Waals surface area contributed by atoms with Crippen LogP contribution in [-0.2, 0) is 4.79 Å². The van der Waals surface area contributed by atoms with E-state index in [1.54, 1.807) is 25.1 Å². The van der Waals surface area contributed by atoms with Crippen molar-refractivity contribution < 1.29 is 14.5 Å². The molecular weight excluding hydrogens is 386 g/mol. The fraction of sp³-hybridized carbons (Fsp3) is 0.143. The van der Waals surface area contributed by atoms with E-state index in [9.17, 15) is 14.9 Å². The van der Waals surface area contributed by atoms with Crippen LogP contribution in [0.2, 0.25) is 0 Å². The third kappa shape index (κ3) is 4.86. The Balaban J connectivity index is 1.85. The zero-order valence-electron chi connectivity index (χ0n) is 12.0. The van der Waals surface area contributed by atoms with E-state index < -0.39 is 10.8 Å². The number of halogens is 1. The fourth-order valence-corrected chi connectivity index (χ4v) is 2.91. The predicted octanol–water partition coefficient (Wildman–Crippen LogP) is 3.26. The summed E-state index contributed by atoms with van der Waals surface area (Å²) in [6.45, 7) is 1.47. The van der Waals surface area contributed by atoms with E-state index in [0.717, 1.165) is 4.47 Å². The summed E-state index contributed by atoms with van der Waals surface area (Å²) in [5.74, 6) is 0.121. The number of thiophene rings is 1. The molecule has 23 heavy (non-hydrogen) atoms. The standard InChI is InChI=1S/C14H12BrN3O4S/c1-9-12(18(20)21)6-10(23-9)7-16-17-14(19)8-22-13-5-3-2-4-11(13)15/h2-7H,8H2,1H3,(H,17,19). The lowest BCUT2D eigenvalue weighted by Gasteiger charge is -2.06. The van der Waals surface area contributed by atoms with E-state index >= 15 is 0 Å². The number of hydrogen-bond donors (Lipinski definition) is 1. The zero-order valence-corrected chi connectivity index (χ0v) is 14.4. The number of rotatable bonds is 6. The molecule has 1 aromatic carbocycles. The molecule has 2 aromatic rings. The monoisotopic (exact) mass is 397 g/mol. The van der Waals surface area contributed by atoms with Crippen LogP contribution in [0.1, 0.15) is 9.75 Å². The Hall–Kier alpha value is -2.26. The van der Waals surface area contributed by atoms with Crippen molar-refractivity contribution in [3.05, 3.63) is 54.7 Å². The number of ether oxygens (including phenoxy) is 1. The number of benzene rings is 1. The molecule has 1 amide bonds. The highest BCUT2D eigenvalue weighted by Crippen LogP contribution is 2.26. The lowest BCUT2D eigenvalue weighted by atomic mass is 10.3. The number of amides is 1. The molecular formula is C14H12BrN3O4S. The van der Waals surface area contributed by atoms with Gasteiger partial charge in [-0.2, -0.15) is 5.10 Å². The molecule has 1 aromatic heterocycles. The normalized spacial score (nSPS) is 10.7. The van der Waals surface area contributed by atoms with Crippen LogP contribution in [0.4, 0.5) is 5.69 Å². The van der Waals surface area contributed by atoms with Crippen molar-refractivity contribution in [1.82, 2.24) is 5.43 Å². The van der Waals surface area contributed by atoms with E-state index in [-0.39, 0.29) is 12.3 Å². The maximum absolute atomic E-state index is 11.6. The number of nitrogens with zero attached hydrogens (tertiary/aromatic N) is 2. The topological polar surface area (TPSA) is 93.8 Å². The molecule has 0 saturated carbocycles. The van der Waals surface area contributed by atoms with Crippen molar-refractivity contribution in [2.75, 3.05) is 6.61 Å². The molecule has 120 valence electrons. The minimum absolute atomic E-state index is 0.0417. The summed E-state index contributed by atoms with van der Waals surface area (Å²) in [6, 6.07) is 8.57. The first-order chi connectivity index (χ1) is 11.0. The first-order valence-corrected chi connectivity index (χ1v) is 8.02. The summed E-state index contributed by atoms with van der Waals surface area (Å²) in [6.07, 6.45) is 1.36. The molecule has 0 fully saturated rings. The Morgan fingerprint density at radius 2 is 2.26 bits per heavy atom. The van der Waals surface area contributed by atoms with Crippen LogP contribution in [-0.4, -0.2) is 23.7 Å². The predicted molar refractivity (Wildman–Crippen MR) is 91.1 cm³/mol. The van der Waals surface area contributed by atoms with Crippen LogP contribution in [0.25, 0.3) is 0 Å². The third-order valence-corrected chi connectivity index (χ3v) is 4.31. The largest absolute Gasteiger partial charge is 0.483 e. The van der Waals surface area contributed by atoms with Crippen LogP contribution in [0.5, 0.6) is 5.75 Å². The Morgan fingerprint density at radius 3 is 2.91 bits per heavy atom. The first-order valence-electron chi connectivity index (χ1n) is 6.41. The van der Waals surface area contributed by atoms with Gasteiger partial charge in [0.15, 0.2) is 6.61 Å². The molecule has 1 N–H and O–H groups in total. The zero-order chi connectivity index (χ0) is 16.8. The van der Waals surface area contributed by atoms with Gasteiger partial charge in [0.25, 0.3) is 11.6 Å². The second-order valence-corrected chi connectivity index (χ2v) is 6.50. The van der Waals surface area contributed by atoms with Crippen molar-refractivity contribution in [2.45, 2.75) is 6.92 Å². The van der Waals surface area contributed by atoms with Gasteiger partial charge in [0, 0.05) is 6.07 Å². The van der Waals surface area contributed by atoms with Gasteiger partial charge in [-0.25, -0.2) is 5.43 Å². The number of carbonyl (C=O) groups excluding carboxylic acids is 1. The summed E-state index contributed by atoms with van der Waals surface area (Å²) in [7, 11) is 0. The molecule has 0 spiro atoms. The van der Waals surface area contributed by atoms with Crippen molar-refractivity contribution >= 4 is 45.1 Å². The van der Waals surface area contributed by atoms with Crippen molar-refractivity contribution in [1.29, 1.82) is 0 Å². The maximum atomic E-state index is 11.6. The van der Waals surface area contributed by atoms with Gasteiger partial charge in [0.05, 0.1) is 25.4 Å². The minimum atomic E-state index is -0.451. The average Bonchev–Trinajstić information content (AvgIpc) is 2.87.